The first kappa shape index (κ1) is 9.54. The van der Waals surface area contributed by atoms with Crippen molar-refractivity contribution in [3.05, 3.63) is 0 Å². The van der Waals surface area contributed by atoms with E-state index in [4.69, 9.17) is 4.52 Å². The molecule has 2 nitrogen and oxygen atoms in total. The van der Waals surface area contributed by atoms with Gasteiger partial charge in [-0.1, -0.05) is 18.3 Å². The minimum atomic E-state index is -2.26. The van der Waals surface area contributed by atoms with Crippen LogP contribution in [0.5, 0.6) is 0 Å². The molecule has 0 aromatic carbocycles. The summed E-state index contributed by atoms with van der Waals surface area (Å²) < 4.78 is 16.3. The summed E-state index contributed by atoms with van der Waals surface area (Å²) in [7, 11) is 0. The van der Waals surface area contributed by atoms with Crippen LogP contribution in [0.25, 0.3) is 0 Å². The number of hydrogen-bond acceptors (Lipinski definition) is 3. The molecule has 0 bridgehead atoms. The number of rotatable bonds is 4. The average molecular weight is 168 g/mol. The van der Waals surface area contributed by atoms with E-state index in [1.54, 1.807) is 0 Å². The predicted octanol–water partition coefficient (Wildman–Crippen LogP) is 2.60. The third-order valence-corrected chi connectivity index (χ3v) is 5.73. The predicted molar refractivity (Wildman–Crippen MR) is 43.3 cm³/mol. The lowest BCUT2D eigenvalue weighted by molar-refractivity contribution is 0.347. The van der Waals surface area contributed by atoms with Gasteiger partial charge in [-0.3, -0.25) is 4.57 Å². The van der Waals surface area contributed by atoms with Crippen LogP contribution in [0.1, 0.15) is 13.8 Å². The van der Waals surface area contributed by atoms with E-state index in [-0.39, 0.29) is 0 Å². The minimum absolute atomic E-state index is 0.548. The Balaban J connectivity index is 3.78. The lowest BCUT2D eigenvalue weighted by Crippen LogP contribution is -1.87. The van der Waals surface area contributed by atoms with Crippen LogP contribution >= 0.6 is 18.0 Å². The molecule has 0 radical (unpaired) electrons. The maximum Gasteiger partial charge on any atom is 0.257 e. The van der Waals surface area contributed by atoms with Crippen molar-refractivity contribution < 1.29 is 9.09 Å². The highest BCUT2D eigenvalue weighted by Gasteiger charge is 2.16. The lowest BCUT2D eigenvalue weighted by Gasteiger charge is -2.11. The zero-order valence-corrected chi connectivity index (χ0v) is 7.80. The standard InChI is InChI=1S/C5H13O2PS/c1-4-7-8(6,5-2)9-3/h4-5H2,1-3H3. The van der Waals surface area contributed by atoms with Crippen LogP contribution in [0.3, 0.4) is 0 Å². The second kappa shape index (κ2) is 4.37. The summed E-state index contributed by atoms with van der Waals surface area (Å²) in [4.78, 5) is 0. The largest absolute Gasteiger partial charge is 0.321 e. The fraction of sp³-hybridized carbons (Fsp3) is 1.00. The molecule has 1 unspecified atom stereocenters. The first-order valence-corrected chi connectivity index (χ1v) is 6.61. The molecule has 0 aliphatic carbocycles. The summed E-state index contributed by atoms with van der Waals surface area (Å²) in [6, 6.07) is 0. The van der Waals surface area contributed by atoms with Crippen molar-refractivity contribution >= 4 is 18.0 Å². The van der Waals surface area contributed by atoms with Crippen molar-refractivity contribution in [1.82, 2.24) is 0 Å². The molecule has 9 heavy (non-hydrogen) atoms. The second-order valence-corrected chi connectivity index (χ2v) is 6.77. The van der Waals surface area contributed by atoms with Crippen LogP contribution in [0.4, 0.5) is 0 Å². The van der Waals surface area contributed by atoms with Gasteiger partial charge in [0.15, 0.2) is 0 Å². The SMILES string of the molecule is CCOP(=O)(CC)SC. The Morgan fingerprint density at radius 3 is 2.22 bits per heavy atom. The molecule has 56 valence electrons. The Hall–Kier alpha value is 0.540. The molecule has 0 rings (SSSR count). The Morgan fingerprint density at radius 1 is 1.56 bits per heavy atom. The monoisotopic (exact) mass is 168 g/mol. The quantitative estimate of drug-likeness (QED) is 0.603. The van der Waals surface area contributed by atoms with Gasteiger partial charge in [0.2, 0.25) is 0 Å². The Labute approximate surface area is 60.6 Å². The highest BCUT2D eigenvalue weighted by Crippen LogP contribution is 2.57. The fourth-order valence-corrected chi connectivity index (χ4v) is 2.82. The zero-order valence-electron chi connectivity index (χ0n) is 6.09. The third kappa shape index (κ3) is 3.29. The molecular formula is C5H13O2PS. The van der Waals surface area contributed by atoms with Gasteiger partial charge in [-0.15, -0.1) is 0 Å². The van der Waals surface area contributed by atoms with Crippen LogP contribution in [0, 0.1) is 0 Å². The molecule has 0 spiro atoms. The van der Waals surface area contributed by atoms with Gasteiger partial charge in [0, 0.05) is 6.16 Å². The highest BCUT2D eigenvalue weighted by molar-refractivity contribution is 8.56. The molecule has 0 N–H and O–H groups in total. The van der Waals surface area contributed by atoms with E-state index in [0.29, 0.717) is 12.8 Å². The first-order chi connectivity index (χ1) is 4.18. The van der Waals surface area contributed by atoms with Gasteiger partial charge in [0.25, 0.3) is 6.57 Å². The van der Waals surface area contributed by atoms with E-state index in [1.165, 1.54) is 11.4 Å². The normalized spacial score (nSPS) is 17.2. The van der Waals surface area contributed by atoms with Crippen LogP contribution in [-0.4, -0.2) is 19.0 Å². The summed E-state index contributed by atoms with van der Waals surface area (Å²) in [5.41, 5.74) is 0. The second-order valence-electron chi connectivity index (χ2n) is 1.53. The third-order valence-electron chi connectivity index (χ3n) is 0.991. The maximum atomic E-state index is 11.3. The molecular weight excluding hydrogens is 155 g/mol. The molecule has 1 atom stereocenters. The summed E-state index contributed by atoms with van der Waals surface area (Å²) >= 11 is 1.33. The van der Waals surface area contributed by atoms with Gasteiger partial charge >= 0.3 is 0 Å². The van der Waals surface area contributed by atoms with Gasteiger partial charge in [0.1, 0.15) is 0 Å². The molecule has 0 fully saturated rings. The van der Waals surface area contributed by atoms with E-state index in [9.17, 15) is 4.57 Å². The Morgan fingerprint density at radius 2 is 2.11 bits per heavy atom. The van der Waals surface area contributed by atoms with Crippen LogP contribution in [0.2, 0.25) is 0 Å². The molecule has 0 amide bonds. The van der Waals surface area contributed by atoms with Crippen molar-refractivity contribution in [2.75, 3.05) is 19.0 Å². The van der Waals surface area contributed by atoms with E-state index in [2.05, 4.69) is 0 Å². The van der Waals surface area contributed by atoms with E-state index < -0.39 is 6.57 Å². The summed E-state index contributed by atoms with van der Waals surface area (Å²) in [5, 5.41) is 0. The van der Waals surface area contributed by atoms with Crippen LogP contribution in [0.15, 0.2) is 0 Å². The van der Waals surface area contributed by atoms with Crippen molar-refractivity contribution in [2.45, 2.75) is 13.8 Å². The average Bonchev–Trinajstić information content (AvgIpc) is 1.89. The molecule has 0 saturated carbocycles. The molecule has 0 aliphatic heterocycles. The molecule has 0 aromatic rings. The van der Waals surface area contributed by atoms with Gasteiger partial charge in [-0.05, 0) is 13.2 Å². The molecule has 0 saturated heterocycles. The van der Waals surface area contributed by atoms with E-state index in [0.717, 1.165) is 0 Å². The van der Waals surface area contributed by atoms with Crippen molar-refractivity contribution in [2.24, 2.45) is 0 Å². The smallest absolute Gasteiger partial charge is 0.257 e. The van der Waals surface area contributed by atoms with Gasteiger partial charge < -0.3 is 4.52 Å². The fourth-order valence-electron chi connectivity index (χ4n) is 0.470. The van der Waals surface area contributed by atoms with E-state index >= 15 is 0 Å². The summed E-state index contributed by atoms with van der Waals surface area (Å²) in [6.45, 7) is 2.02. The Bertz CT molecular complexity index is 108. The topological polar surface area (TPSA) is 26.3 Å². The van der Waals surface area contributed by atoms with Crippen LogP contribution < -0.4 is 0 Å². The molecule has 0 aliphatic rings. The molecule has 0 aromatic heterocycles. The lowest BCUT2D eigenvalue weighted by atomic mass is 10.9. The van der Waals surface area contributed by atoms with Gasteiger partial charge in [-0.2, -0.15) is 0 Å². The highest BCUT2D eigenvalue weighted by atomic mass is 32.7. The van der Waals surface area contributed by atoms with Crippen molar-refractivity contribution in [3.8, 4) is 0 Å². The summed E-state index contributed by atoms with van der Waals surface area (Å²) in [5.74, 6) is 0. The number of hydrogen-bond donors (Lipinski definition) is 0. The van der Waals surface area contributed by atoms with Gasteiger partial charge in [-0.25, -0.2) is 0 Å². The van der Waals surface area contributed by atoms with E-state index in [1.807, 2.05) is 20.1 Å². The Kier molecular flexibility index (Phi) is 4.63. The molecule has 4 heteroatoms. The zero-order chi connectivity index (χ0) is 7.33. The molecule has 0 heterocycles. The maximum absolute atomic E-state index is 11.3. The van der Waals surface area contributed by atoms with Gasteiger partial charge in [0.05, 0.1) is 6.61 Å². The first-order valence-electron chi connectivity index (χ1n) is 2.98. The summed E-state index contributed by atoms with van der Waals surface area (Å²) in [6.07, 6.45) is 2.45. The van der Waals surface area contributed by atoms with Crippen molar-refractivity contribution in [1.29, 1.82) is 0 Å². The minimum Gasteiger partial charge on any atom is -0.321 e. The van der Waals surface area contributed by atoms with Crippen LogP contribution in [-0.2, 0) is 9.09 Å². The van der Waals surface area contributed by atoms with Crippen molar-refractivity contribution in [3.63, 3.8) is 0 Å².